The highest BCUT2D eigenvalue weighted by atomic mass is 16.7. The van der Waals surface area contributed by atoms with Crippen molar-refractivity contribution in [2.45, 2.75) is 25.9 Å². The van der Waals surface area contributed by atoms with Crippen LogP contribution in [0.1, 0.15) is 12.5 Å². The predicted molar refractivity (Wildman–Crippen MR) is 67.2 cm³/mol. The van der Waals surface area contributed by atoms with Crippen LogP contribution in [0.25, 0.3) is 0 Å². The number of epoxide rings is 1. The summed E-state index contributed by atoms with van der Waals surface area (Å²) in [4.78, 5) is 0. The van der Waals surface area contributed by atoms with E-state index in [4.69, 9.17) is 18.9 Å². The third-order valence-electron chi connectivity index (χ3n) is 2.61. The van der Waals surface area contributed by atoms with E-state index < -0.39 is 0 Å². The van der Waals surface area contributed by atoms with Gasteiger partial charge in [-0.1, -0.05) is 30.3 Å². The molecule has 2 rings (SSSR count). The fourth-order valence-electron chi connectivity index (χ4n) is 1.49. The molecule has 0 aliphatic carbocycles. The molecule has 100 valence electrons. The summed E-state index contributed by atoms with van der Waals surface area (Å²) in [7, 11) is 0. The van der Waals surface area contributed by atoms with Crippen LogP contribution >= 0.6 is 0 Å². The Morgan fingerprint density at radius 1 is 1.22 bits per heavy atom. The molecular formula is C14H20O4. The summed E-state index contributed by atoms with van der Waals surface area (Å²) in [5.74, 6) is 0. The summed E-state index contributed by atoms with van der Waals surface area (Å²) < 4.78 is 21.4. The quantitative estimate of drug-likeness (QED) is 0.383. The van der Waals surface area contributed by atoms with E-state index in [2.05, 4.69) is 0 Å². The topological polar surface area (TPSA) is 40.2 Å². The molecule has 0 saturated carbocycles. The molecule has 1 aromatic carbocycles. The van der Waals surface area contributed by atoms with Crippen LogP contribution in [0.5, 0.6) is 0 Å². The second-order valence-corrected chi connectivity index (χ2v) is 4.27. The van der Waals surface area contributed by atoms with Gasteiger partial charge in [-0.2, -0.15) is 0 Å². The van der Waals surface area contributed by atoms with Gasteiger partial charge in [0.1, 0.15) is 6.10 Å². The standard InChI is InChI=1S/C14H20O4/c1-12(17-10-14-11-18-14)16-8-7-15-9-13-5-3-2-4-6-13/h2-6,12,14H,7-11H2,1H3. The molecule has 4 heteroatoms. The Hall–Kier alpha value is -0.940. The van der Waals surface area contributed by atoms with E-state index >= 15 is 0 Å². The van der Waals surface area contributed by atoms with E-state index in [0.29, 0.717) is 26.4 Å². The highest BCUT2D eigenvalue weighted by Gasteiger charge is 2.23. The van der Waals surface area contributed by atoms with Crippen LogP contribution in [0, 0.1) is 0 Å². The normalized spacial score (nSPS) is 19.7. The van der Waals surface area contributed by atoms with Crippen molar-refractivity contribution in [3.8, 4) is 0 Å². The largest absolute Gasteiger partial charge is 0.374 e. The van der Waals surface area contributed by atoms with Crippen LogP contribution in [-0.2, 0) is 25.6 Å². The summed E-state index contributed by atoms with van der Waals surface area (Å²) in [6, 6.07) is 10.1. The van der Waals surface area contributed by atoms with Crippen molar-refractivity contribution in [3.05, 3.63) is 35.9 Å². The molecule has 1 heterocycles. The average Bonchev–Trinajstić information content (AvgIpc) is 3.21. The molecule has 1 aliphatic heterocycles. The maximum atomic E-state index is 5.50. The monoisotopic (exact) mass is 252 g/mol. The van der Waals surface area contributed by atoms with Gasteiger partial charge in [-0.05, 0) is 12.5 Å². The second kappa shape index (κ2) is 7.48. The summed E-state index contributed by atoms with van der Waals surface area (Å²) in [5, 5.41) is 0. The molecule has 0 amide bonds. The zero-order chi connectivity index (χ0) is 12.6. The average molecular weight is 252 g/mol. The molecule has 0 aromatic heterocycles. The summed E-state index contributed by atoms with van der Waals surface area (Å²) in [5.41, 5.74) is 1.17. The van der Waals surface area contributed by atoms with Crippen LogP contribution in [0.3, 0.4) is 0 Å². The molecule has 0 radical (unpaired) electrons. The smallest absolute Gasteiger partial charge is 0.155 e. The van der Waals surface area contributed by atoms with Gasteiger partial charge >= 0.3 is 0 Å². The minimum Gasteiger partial charge on any atom is -0.374 e. The van der Waals surface area contributed by atoms with Crippen molar-refractivity contribution in [1.82, 2.24) is 0 Å². The molecular weight excluding hydrogens is 232 g/mol. The summed E-state index contributed by atoms with van der Waals surface area (Å²) in [6.45, 7) is 5.05. The Morgan fingerprint density at radius 3 is 2.72 bits per heavy atom. The summed E-state index contributed by atoms with van der Waals surface area (Å²) >= 11 is 0. The van der Waals surface area contributed by atoms with Gasteiger partial charge in [-0.25, -0.2) is 0 Å². The van der Waals surface area contributed by atoms with Gasteiger partial charge in [-0.15, -0.1) is 0 Å². The lowest BCUT2D eigenvalue weighted by Crippen LogP contribution is -2.18. The van der Waals surface area contributed by atoms with E-state index in [0.717, 1.165) is 6.61 Å². The first-order valence-corrected chi connectivity index (χ1v) is 6.31. The lowest BCUT2D eigenvalue weighted by molar-refractivity contribution is -0.142. The Labute approximate surface area is 108 Å². The number of hydrogen-bond donors (Lipinski definition) is 0. The fourth-order valence-corrected chi connectivity index (χ4v) is 1.49. The molecule has 2 unspecified atom stereocenters. The third kappa shape index (κ3) is 5.60. The lowest BCUT2D eigenvalue weighted by atomic mass is 10.2. The van der Waals surface area contributed by atoms with Crippen molar-refractivity contribution in [3.63, 3.8) is 0 Å². The van der Waals surface area contributed by atoms with Gasteiger partial charge in [0.15, 0.2) is 6.29 Å². The maximum absolute atomic E-state index is 5.50. The molecule has 1 fully saturated rings. The first-order chi connectivity index (χ1) is 8.84. The first-order valence-electron chi connectivity index (χ1n) is 6.31. The fraction of sp³-hybridized carbons (Fsp3) is 0.571. The number of benzene rings is 1. The van der Waals surface area contributed by atoms with Crippen LogP contribution in [0.2, 0.25) is 0 Å². The number of hydrogen-bond acceptors (Lipinski definition) is 4. The molecule has 0 spiro atoms. The van der Waals surface area contributed by atoms with E-state index in [1.807, 2.05) is 37.3 Å². The maximum Gasteiger partial charge on any atom is 0.155 e. The zero-order valence-corrected chi connectivity index (χ0v) is 10.7. The lowest BCUT2D eigenvalue weighted by Gasteiger charge is -2.13. The summed E-state index contributed by atoms with van der Waals surface area (Å²) in [6.07, 6.45) is 0.0832. The van der Waals surface area contributed by atoms with E-state index in [1.165, 1.54) is 5.56 Å². The molecule has 1 saturated heterocycles. The number of ether oxygens (including phenoxy) is 4. The Balaban J connectivity index is 1.45. The minimum absolute atomic E-state index is 0.200. The van der Waals surface area contributed by atoms with Gasteiger partial charge in [0.2, 0.25) is 0 Å². The van der Waals surface area contributed by atoms with Crippen LogP contribution in [-0.4, -0.2) is 38.8 Å². The Bertz CT molecular complexity index is 324. The van der Waals surface area contributed by atoms with E-state index in [-0.39, 0.29) is 12.4 Å². The van der Waals surface area contributed by atoms with E-state index in [1.54, 1.807) is 0 Å². The molecule has 1 aliphatic rings. The Morgan fingerprint density at radius 2 is 2.00 bits per heavy atom. The van der Waals surface area contributed by atoms with Crippen molar-refractivity contribution >= 4 is 0 Å². The molecule has 4 nitrogen and oxygen atoms in total. The van der Waals surface area contributed by atoms with Crippen molar-refractivity contribution < 1.29 is 18.9 Å². The molecule has 18 heavy (non-hydrogen) atoms. The molecule has 2 atom stereocenters. The zero-order valence-electron chi connectivity index (χ0n) is 10.7. The second-order valence-electron chi connectivity index (χ2n) is 4.27. The Kier molecular flexibility index (Phi) is 5.61. The van der Waals surface area contributed by atoms with Gasteiger partial charge in [0, 0.05) is 0 Å². The predicted octanol–water partition coefficient (Wildman–Crippen LogP) is 1.98. The van der Waals surface area contributed by atoms with Crippen LogP contribution in [0.4, 0.5) is 0 Å². The van der Waals surface area contributed by atoms with Crippen LogP contribution in [0.15, 0.2) is 30.3 Å². The van der Waals surface area contributed by atoms with Gasteiger partial charge < -0.3 is 18.9 Å². The van der Waals surface area contributed by atoms with Crippen molar-refractivity contribution in [2.24, 2.45) is 0 Å². The van der Waals surface area contributed by atoms with Gasteiger partial charge in [0.25, 0.3) is 0 Å². The highest BCUT2D eigenvalue weighted by molar-refractivity contribution is 5.13. The molecule has 0 N–H and O–H groups in total. The van der Waals surface area contributed by atoms with E-state index in [9.17, 15) is 0 Å². The first kappa shape index (κ1) is 13.5. The number of rotatable bonds is 9. The third-order valence-corrected chi connectivity index (χ3v) is 2.61. The van der Waals surface area contributed by atoms with Gasteiger partial charge in [-0.3, -0.25) is 0 Å². The van der Waals surface area contributed by atoms with Crippen molar-refractivity contribution in [2.75, 3.05) is 26.4 Å². The van der Waals surface area contributed by atoms with Gasteiger partial charge in [0.05, 0.1) is 33.0 Å². The molecule has 1 aromatic rings. The van der Waals surface area contributed by atoms with Crippen LogP contribution < -0.4 is 0 Å². The van der Waals surface area contributed by atoms with Crippen molar-refractivity contribution in [1.29, 1.82) is 0 Å². The minimum atomic E-state index is -0.200. The SMILES string of the molecule is CC(OCCOCc1ccccc1)OCC1CO1. The highest BCUT2D eigenvalue weighted by Crippen LogP contribution is 2.10. The molecule has 0 bridgehead atoms.